The summed E-state index contributed by atoms with van der Waals surface area (Å²) in [7, 11) is 8.24. The van der Waals surface area contributed by atoms with E-state index in [2.05, 4.69) is 169 Å². The highest BCUT2D eigenvalue weighted by Crippen LogP contribution is 2.11. The Kier molecular flexibility index (Phi) is 8.30. The Morgan fingerprint density at radius 3 is 1.14 bits per heavy atom. The first-order valence-electron chi connectivity index (χ1n) is 12.3. The van der Waals surface area contributed by atoms with Crippen molar-refractivity contribution >= 4 is 23.5 Å². The minimum Gasteiger partial charge on any atom is -0.377 e. The van der Waals surface area contributed by atoms with Gasteiger partial charge in [-0.15, -0.1) is 0 Å². The molecule has 0 fully saturated rings. The molecule has 0 aliphatic heterocycles. The van der Waals surface area contributed by atoms with Crippen LogP contribution in [0.25, 0.3) is 12.2 Å². The lowest BCUT2D eigenvalue weighted by molar-refractivity contribution is -0.688. The summed E-state index contributed by atoms with van der Waals surface area (Å²) in [5, 5.41) is 0. The van der Waals surface area contributed by atoms with Crippen LogP contribution in [-0.2, 0) is 13.1 Å². The number of hydrogen-bond donors (Lipinski definition) is 0. The van der Waals surface area contributed by atoms with E-state index < -0.39 is 0 Å². The number of allylic oxidation sites excluding steroid dienone is 2. The Hall–Kier alpha value is -4.18. The predicted molar refractivity (Wildman–Crippen MR) is 151 cm³/mol. The molecule has 182 valence electrons. The van der Waals surface area contributed by atoms with E-state index in [0.29, 0.717) is 0 Å². The van der Waals surface area contributed by atoms with Crippen molar-refractivity contribution in [1.82, 2.24) is 0 Å². The Morgan fingerprint density at radius 1 is 0.500 bits per heavy atom. The molecule has 4 nitrogen and oxygen atoms in total. The largest absolute Gasteiger partial charge is 0.377 e. The fraction of sp³-hybridized carbons (Fsp3) is 0.188. The zero-order chi connectivity index (χ0) is 25.3. The van der Waals surface area contributed by atoms with E-state index in [9.17, 15) is 0 Å². The first-order chi connectivity index (χ1) is 17.5. The summed E-state index contributed by atoms with van der Waals surface area (Å²) in [6, 6.07) is 26.0. The van der Waals surface area contributed by atoms with Gasteiger partial charge < -0.3 is 9.80 Å². The lowest BCUT2D eigenvalue weighted by Crippen LogP contribution is -2.33. The van der Waals surface area contributed by atoms with Crippen molar-refractivity contribution in [1.29, 1.82) is 0 Å². The van der Waals surface area contributed by atoms with E-state index >= 15 is 0 Å². The molecule has 0 saturated carbocycles. The van der Waals surface area contributed by atoms with Crippen LogP contribution >= 0.6 is 0 Å². The third kappa shape index (κ3) is 7.16. The third-order valence-electron chi connectivity index (χ3n) is 6.16. The average Bonchev–Trinajstić information content (AvgIpc) is 2.89. The predicted octanol–water partition coefficient (Wildman–Crippen LogP) is 5.22. The summed E-state index contributed by atoms with van der Waals surface area (Å²) in [5.74, 6) is 0. The lowest BCUT2D eigenvalue weighted by Gasteiger charge is -2.10. The molecule has 2 aromatic heterocycles. The molecule has 0 N–H and O–H groups in total. The molecule has 4 aromatic rings. The molecule has 0 unspecified atom stereocenters. The third-order valence-corrected chi connectivity index (χ3v) is 6.16. The zero-order valence-electron chi connectivity index (χ0n) is 21.8. The molecule has 2 aromatic carbocycles. The molecule has 0 amide bonds. The van der Waals surface area contributed by atoms with Crippen LogP contribution in [0.3, 0.4) is 0 Å². The van der Waals surface area contributed by atoms with Crippen molar-refractivity contribution in [3.63, 3.8) is 0 Å². The maximum Gasteiger partial charge on any atom is 0.173 e. The van der Waals surface area contributed by atoms with Crippen molar-refractivity contribution in [3.05, 3.63) is 132 Å². The van der Waals surface area contributed by atoms with E-state index in [1.807, 2.05) is 0 Å². The van der Waals surface area contributed by atoms with Crippen LogP contribution in [0.15, 0.2) is 110 Å². The first-order valence-corrected chi connectivity index (χ1v) is 12.3. The SMILES string of the molecule is CN(C)c1cc[n+](Cc2ccc(/C=C/C=C/c3ccc(C[n+]4ccc(N(C)C)cc4)cc3)cc2)cc1. The lowest BCUT2D eigenvalue weighted by atomic mass is 10.1. The fourth-order valence-corrected chi connectivity index (χ4v) is 3.93. The van der Waals surface area contributed by atoms with Crippen molar-refractivity contribution in [2.75, 3.05) is 38.0 Å². The van der Waals surface area contributed by atoms with Crippen LogP contribution in [0.4, 0.5) is 11.4 Å². The van der Waals surface area contributed by atoms with E-state index in [0.717, 1.165) is 13.1 Å². The van der Waals surface area contributed by atoms with E-state index in [4.69, 9.17) is 0 Å². The second-order valence-corrected chi connectivity index (χ2v) is 9.45. The molecule has 0 bridgehead atoms. The molecule has 0 aliphatic carbocycles. The van der Waals surface area contributed by atoms with Crippen LogP contribution in [0.2, 0.25) is 0 Å². The molecular formula is C32H36N4+2. The minimum atomic E-state index is 0.869. The van der Waals surface area contributed by atoms with Crippen LogP contribution in [0.1, 0.15) is 22.3 Å². The summed E-state index contributed by atoms with van der Waals surface area (Å²) >= 11 is 0. The van der Waals surface area contributed by atoms with Gasteiger partial charge in [0.25, 0.3) is 0 Å². The van der Waals surface area contributed by atoms with Gasteiger partial charge in [-0.3, -0.25) is 0 Å². The van der Waals surface area contributed by atoms with Gasteiger partial charge in [-0.2, -0.15) is 0 Å². The van der Waals surface area contributed by atoms with Gasteiger partial charge in [0.2, 0.25) is 0 Å². The molecule has 4 heteroatoms. The van der Waals surface area contributed by atoms with Gasteiger partial charge in [-0.05, 0) is 11.1 Å². The van der Waals surface area contributed by atoms with E-state index in [-0.39, 0.29) is 0 Å². The van der Waals surface area contributed by atoms with Crippen LogP contribution < -0.4 is 18.9 Å². The van der Waals surface area contributed by atoms with Crippen molar-refractivity contribution in [3.8, 4) is 0 Å². The smallest absolute Gasteiger partial charge is 0.173 e. The van der Waals surface area contributed by atoms with Gasteiger partial charge in [0.15, 0.2) is 37.9 Å². The number of hydrogen-bond acceptors (Lipinski definition) is 2. The average molecular weight is 477 g/mol. The fourth-order valence-electron chi connectivity index (χ4n) is 3.93. The normalized spacial score (nSPS) is 11.3. The highest BCUT2D eigenvalue weighted by atomic mass is 15.1. The van der Waals surface area contributed by atoms with Gasteiger partial charge in [0, 0.05) is 75.0 Å². The molecular weight excluding hydrogens is 440 g/mol. The van der Waals surface area contributed by atoms with Crippen LogP contribution in [0, 0.1) is 0 Å². The Balaban J connectivity index is 1.27. The van der Waals surface area contributed by atoms with Gasteiger partial charge in [0.1, 0.15) is 0 Å². The molecule has 0 saturated heterocycles. The van der Waals surface area contributed by atoms with Gasteiger partial charge >= 0.3 is 0 Å². The Labute approximate surface area is 215 Å². The van der Waals surface area contributed by atoms with Gasteiger partial charge in [0.05, 0.1) is 0 Å². The highest BCUT2D eigenvalue weighted by molar-refractivity contribution is 5.57. The minimum absolute atomic E-state index is 0.869. The number of pyridine rings is 2. The summed E-state index contributed by atoms with van der Waals surface area (Å²) in [6.07, 6.45) is 17.0. The number of anilines is 2. The standard InChI is InChI=1S/C32H36N4/c1-33(2)31-17-21-35(22-18-31)25-29-13-9-27(10-14-29)7-5-6-8-28-11-15-30(16-12-28)26-36-23-19-32(20-24-36)34(3)4/h5-24H,25-26H2,1-4H3/q+2/b7-5+,8-6+. The van der Waals surface area contributed by atoms with Crippen LogP contribution in [0.5, 0.6) is 0 Å². The molecule has 36 heavy (non-hydrogen) atoms. The molecule has 2 heterocycles. The maximum absolute atomic E-state index is 2.20. The van der Waals surface area contributed by atoms with Gasteiger partial charge in [-0.1, -0.05) is 72.8 Å². The van der Waals surface area contributed by atoms with Crippen molar-refractivity contribution in [2.24, 2.45) is 0 Å². The Morgan fingerprint density at radius 2 is 0.833 bits per heavy atom. The summed E-state index contributed by atoms with van der Waals surface area (Å²) in [5.41, 5.74) is 7.39. The monoisotopic (exact) mass is 476 g/mol. The quantitative estimate of drug-likeness (QED) is 0.243. The molecule has 0 atom stereocenters. The molecule has 4 rings (SSSR count). The number of benzene rings is 2. The molecule has 0 aliphatic rings. The summed E-state index contributed by atoms with van der Waals surface area (Å²) in [4.78, 5) is 4.22. The van der Waals surface area contributed by atoms with Crippen molar-refractivity contribution < 1.29 is 9.13 Å². The van der Waals surface area contributed by atoms with Crippen LogP contribution in [-0.4, -0.2) is 28.2 Å². The van der Waals surface area contributed by atoms with E-state index in [1.165, 1.54) is 33.6 Å². The second-order valence-electron chi connectivity index (χ2n) is 9.45. The number of rotatable bonds is 9. The Bertz CT molecular complexity index is 1180. The molecule has 0 spiro atoms. The summed E-state index contributed by atoms with van der Waals surface area (Å²) < 4.78 is 4.40. The zero-order valence-corrected chi connectivity index (χ0v) is 21.8. The maximum atomic E-state index is 2.20. The molecule has 0 radical (unpaired) electrons. The second kappa shape index (κ2) is 12.0. The van der Waals surface area contributed by atoms with Gasteiger partial charge in [-0.25, -0.2) is 9.13 Å². The first kappa shape index (κ1) is 24.9. The highest BCUT2D eigenvalue weighted by Gasteiger charge is 2.05. The summed E-state index contributed by atoms with van der Waals surface area (Å²) in [6.45, 7) is 1.74. The number of aromatic nitrogens is 2. The topological polar surface area (TPSA) is 14.2 Å². The number of nitrogens with zero attached hydrogens (tertiary/aromatic N) is 4. The van der Waals surface area contributed by atoms with E-state index in [1.54, 1.807) is 0 Å². The van der Waals surface area contributed by atoms with Crippen molar-refractivity contribution in [2.45, 2.75) is 13.1 Å².